The molecule has 0 radical (unpaired) electrons. The van der Waals surface area contributed by atoms with Gasteiger partial charge in [0.15, 0.2) is 0 Å². The van der Waals surface area contributed by atoms with Crippen molar-refractivity contribution in [1.82, 2.24) is 5.32 Å². The van der Waals surface area contributed by atoms with Gasteiger partial charge in [0.2, 0.25) is 0 Å². The smallest absolute Gasteiger partial charge is 0.0771 e. The van der Waals surface area contributed by atoms with E-state index in [1.165, 1.54) is 0 Å². The number of ether oxygens (including phenoxy) is 3. The number of fused-ring (bicyclic) bond motifs is 2. The molecule has 6 fully saturated rings. The van der Waals surface area contributed by atoms with Gasteiger partial charge in [-0.1, -0.05) is 0 Å². The first-order chi connectivity index (χ1) is 13.5. The molecule has 12 atom stereocenters. The Bertz CT molecular complexity index is 675. The summed E-state index contributed by atoms with van der Waals surface area (Å²) in [7, 11) is 5.42. The van der Waals surface area contributed by atoms with Crippen LogP contribution in [0.1, 0.15) is 32.1 Å². The summed E-state index contributed by atoms with van der Waals surface area (Å²) in [5.74, 6) is 0.999. The first-order valence-electron chi connectivity index (χ1n) is 11.2. The van der Waals surface area contributed by atoms with Crippen LogP contribution in [0.4, 0.5) is 0 Å². The molecule has 1 heterocycles. The van der Waals surface area contributed by atoms with Crippen LogP contribution in [0.5, 0.6) is 0 Å². The monoisotopic (exact) mass is 393 g/mol. The van der Waals surface area contributed by atoms with Crippen LogP contribution in [0.2, 0.25) is 0 Å². The highest BCUT2D eigenvalue weighted by Crippen LogP contribution is 2.77. The molecule has 6 heteroatoms. The Morgan fingerprint density at radius 1 is 1.11 bits per heavy atom. The van der Waals surface area contributed by atoms with E-state index in [1.807, 2.05) is 14.2 Å². The largest absolute Gasteiger partial charge is 0.392 e. The van der Waals surface area contributed by atoms with Crippen molar-refractivity contribution in [2.45, 2.75) is 62.1 Å². The summed E-state index contributed by atoms with van der Waals surface area (Å²) in [6, 6.07) is 0.264. The number of methoxy groups -OCH3 is 3. The lowest BCUT2D eigenvalue weighted by atomic mass is 9.43. The standard InChI is InChI=1S/C22H35NO5/c1-26-10-20-5-4-16(28-3)22-12-6-11-14(27-2)8-21(25,17(12)18(11)24)13(7-15(20)22)19(22)23-9-20/h11-19,23-25H,4-10H2,1-3H3/t11-,12-,13+,14+,15-,16+,17-,18+,19-,20+,21+,22-/m1/s1. The summed E-state index contributed by atoms with van der Waals surface area (Å²) >= 11 is 0. The molecule has 0 amide bonds. The summed E-state index contributed by atoms with van der Waals surface area (Å²) in [5.41, 5.74) is -0.739. The van der Waals surface area contributed by atoms with Crippen molar-refractivity contribution in [3.8, 4) is 0 Å². The van der Waals surface area contributed by atoms with Crippen molar-refractivity contribution < 1.29 is 24.4 Å². The molecule has 6 rings (SSSR count). The lowest BCUT2D eigenvalue weighted by Gasteiger charge is -2.67. The van der Waals surface area contributed by atoms with Crippen molar-refractivity contribution in [3.63, 3.8) is 0 Å². The summed E-state index contributed by atoms with van der Waals surface area (Å²) in [6.07, 6.45) is 4.45. The van der Waals surface area contributed by atoms with E-state index in [4.69, 9.17) is 14.2 Å². The average molecular weight is 394 g/mol. The van der Waals surface area contributed by atoms with Crippen molar-refractivity contribution in [2.75, 3.05) is 34.5 Å². The Morgan fingerprint density at radius 3 is 2.64 bits per heavy atom. The molecule has 0 aromatic rings. The maximum absolute atomic E-state index is 12.1. The summed E-state index contributed by atoms with van der Waals surface area (Å²) in [4.78, 5) is 0. The van der Waals surface area contributed by atoms with Gasteiger partial charge in [0.1, 0.15) is 0 Å². The highest BCUT2D eigenvalue weighted by atomic mass is 16.5. The molecule has 0 aromatic carbocycles. The number of hydrogen-bond acceptors (Lipinski definition) is 6. The molecule has 5 saturated carbocycles. The fourth-order valence-electron chi connectivity index (χ4n) is 9.99. The Kier molecular flexibility index (Phi) is 3.78. The minimum absolute atomic E-state index is 0.0102. The SMILES string of the molecule is COC[C@@]12CC[C@H](OC)[C@@]34[C@@H]5C[C@H]6[C@H](O)[C@@H]5[C@](O)(C[C@@H]6OC)[C@@H](C[C@H]13)[C@H]4NC2. The van der Waals surface area contributed by atoms with Gasteiger partial charge in [-0.05, 0) is 37.5 Å². The van der Waals surface area contributed by atoms with Crippen LogP contribution in [-0.4, -0.2) is 74.6 Å². The predicted molar refractivity (Wildman–Crippen MR) is 102 cm³/mol. The second-order valence-electron chi connectivity index (χ2n) is 10.8. The van der Waals surface area contributed by atoms with Gasteiger partial charge in [0, 0.05) is 68.9 Å². The molecular weight excluding hydrogens is 358 g/mol. The quantitative estimate of drug-likeness (QED) is 0.656. The first kappa shape index (κ1) is 18.5. The van der Waals surface area contributed by atoms with Crippen molar-refractivity contribution in [2.24, 2.45) is 40.4 Å². The summed E-state index contributed by atoms with van der Waals surface area (Å²) < 4.78 is 17.8. The first-order valence-corrected chi connectivity index (χ1v) is 11.2. The molecule has 6 aliphatic rings. The molecule has 1 aliphatic heterocycles. The minimum Gasteiger partial charge on any atom is -0.392 e. The Hall–Kier alpha value is -0.240. The number of nitrogens with one attached hydrogen (secondary N) is 1. The number of aliphatic hydroxyl groups is 2. The van der Waals surface area contributed by atoms with Gasteiger partial charge in [-0.3, -0.25) is 0 Å². The maximum Gasteiger partial charge on any atom is 0.0771 e. The van der Waals surface area contributed by atoms with E-state index >= 15 is 0 Å². The molecule has 1 saturated heterocycles. The van der Waals surface area contributed by atoms with Gasteiger partial charge in [-0.15, -0.1) is 0 Å². The molecule has 3 N–H and O–H groups in total. The molecule has 1 spiro atoms. The van der Waals surface area contributed by atoms with E-state index in [0.29, 0.717) is 12.3 Å². The zero-order chi connectivity index (χ0) is 19.5. The fourth-order valence-corrected chi connectivity index (χ4v) is 9.99. The lowest BCUT2D eigenvalue weighted by Crippen LogP contribution is -2.76. The van der Waals surface area contributed by atoms with Crippen LogP contribution in [0, 0.1) is 40.4 Å². The van der Waals surface area contributed by atoms with Crippen molar-refractivity contribution >= 4 is 0 Å². The molecule has 28 heavy (non-hydrogen) atoms. The van der Waals surface area contributed by atoms with Gasteiger partial charge in [-0.25, -0.2) is 0 Å². The lowest BCUT2D eigenvalue weighted by molar-refractivity contribution is -0.250. The van der Waals surface area contributed by atoms with E-state index in [-0.39, 0.29) is 52.8 Å². The molecule has 7 bridgehead atoms. The normalized spacial score (nSPS) is 63.5. The van der Waals surface area contributed by atoms with E-state index in [2.05, 4.69) is 5.32 Å². The number of piperidine rings is 1. The third-order valence-electron chi connectivity index (χ3n) is 10.6. The van der Waals surface area contributed by atoms with Crippen molar-refractivity contribution in [3.05, 3.63) is 0 Å². The van der Waals surface area contributed by atoms with Crippen LogP contribution in [-0.2, 0) is 14.2 Å². The molecule has 6 nitrogen and oxygen atoms in total. The van der Waals surface area contributed by atoms with Gasteiger partial charge >= 0.3 is 0 Å². The molecule has 158 valence electrons. The Labute approximate surface area is 167 Å². The highest BCUT2D eigenvalue weighted by Gasteiger charge is 2.82. The molecule has 5 aliphatic carbocycles. The van der Waals surface area contributed by atoms with E-state index in [0.717, 1.165) is 38.8 Å². The number of hydrogen-bond donors (Lipinski definition) is 3. The number of aliphatic hydroxyl groups excluding tert-OH is 1. The minimum atomic E-state index is -0.848. The Morgan fingerprint density at radius 2 is 1.93 bits per heavy atom. The van der Waals surface area contributed by atoms with E-state index in [1.54, 1.807) is 7.11 Å². The van der Waals surface area contributed by atoms with Crippen molar-refractivity contribution in [1.29, 1.82) is 0 Å². The summed E-state index contributed by atoms with van der Waals surface area (Å²) in [6.45, 7) is 1.74. The van der Waals surface area contributed by atoms with Crippen LogP contribution in [0.15, 0.2) is 0 Å². The van der Waals surface area contributed by atoms with Gasteiger partial charge in [0.05, 0.1) is 30.5 Å². The maximum atomic E-state index is 12.1. The van der Waals surface area contributed by atoms with E-state index in [9.17, 15) is 10.2 Å². The van der Waals surface area contributed by atoms with Crippen LogP contribution < -0.4 is 5.32 Å². The average Bonchev–Trinajstić information content (AvgIpc) is 3.07. The topological polar surface area (TPSA) is 80.2 Å². The molecule has 0 unspecified atom stereocenters. The Balaban J connectivity index is 1.55. The predicted octanol–water partition coefficient (Wildman–Crippen LogP) is 0.799. The highest BCUT2D eigenvalue weighted by molar-refractivity contribution is 5.32. The van der Waals surface area contributed by atoms with Gasteiger partial charge in [0.25, 0.3) is 0 Å². The molecule has 0 aromatic heterocycles. The van der Waals surface area contributed by atoms with Gasteiger partial charge in [-0.2, -0.15) is 0 Å². The number of rotatable bonds is 4. The third kappa shape index (κ3) is 1.76. The van der Waals surface area contributed by atoms with Crippen LogP contribution >= 0.6 is 0 Å². The third-order valence-corrected chi connectivity index (χ3v) is 10.6. The summed E-state index contributed by atoms with van der Waals surface area (Å²) in [5, 5.41) is 27.4. The fraction of sp³-hybridized carbons (Fsp3) is 1.00. The second-order valence-corrected chi connectivity index (χ2v) is 10.8. The second kappa shape index (κ2) is 5.71. The zero-order valence-electron chi connectivity index (χ0n) is 17.3. The zero-order valence-corrected chi connectivity index (χ0v) is 17.3. The van der Waals surface area contributed by atoms with Gasteiger partial charge < -0.3 is 29.7 Å². The molecular formula is C22H35NO5. The van der Waals surface area contributed by atoms with E-state index < -0.39 is 11.7 Å². The van der Waals surface area contributed by atoms with Crippen LogP contribution in [0.25, 0.3) is 0 Å². The van der Waals surface area contributed by atoms with Crippen LogP contribution in [0.3, 0.4) is 0 Å².